The van der Waals surface area contributed by atoms with Crippen molar-refractivity contribution < 1.29 is 9.47 Å². The van der Waals surface area contributed by atoms with Crippen molar-refractivity contribution in [1.29, 1.82) is 0 Å². The summed E-state index contributed by atoms with van der Waals surface area (Å²) < 4.78 is 14.7. The normalized spacial score (nSPS) is 26.8. The van der Waals surface area contributed by atoms with E-state index in [9.17, 15) is 0 Å². The molecule has 1 aliphatic rings. The van der Waals surface area contributed by atoms with E-state index >= 15 is 0 Å². The Morgan fingerprint density at radius 3 is 2.42 bits per heavy atom. The highest BCUT2D eigenvalue weighted by atomic mass is 16.8. The van der Waals surface area contributed by atoms with Gasteiger partial charge in [-0.3, -0.25) is 0 Å². The highest BCUT2D eigenvalue weighted by Gasteiger charge is 2.44. The molecule has 2 atom stereocenters. The van der Waals surface area contributed by atoms with Gasteiger partial charge in [0.05, 0.1) is 18.5 Å². The highest BCUT2D eigenvalue weighted by Crippen LogP contribution is 2.41. The van der Waals surface area contributed by atoms with Crippen molar-refractivity contribution in [2.45, 2.75) is 71.0 Å². The van der Waals surface area contributed by atoms with Crippen LogP contribution in [0.25, 0.3) is 0 Å². The van der Waals surface area contributed by atoms with E-state index < -0.39 is 5.79 Å². The molecule has 1 saturated heterocycles. The van der Waals surface area contributed by atoms with Crippen molar-refractivity contribution >= 4 is 0 Å². The third-order valence-corrected chi connectivity index (χ3v) is 4.83. The van der Waals surface area contributed by atoms with Crippen LogP contribution in [-0.2, 0) is 28.2 Å². The lowest BCUT2D eigenvalue weighted by molar-refractivity contribution is -0.188. The largest absolute Gasteiger partial charge is 0.340 e. The van der Waals surface area contributed by atoms with Crippen LogP contribution in [0.5, 0.6) is 0 Å². The van der Waals surface area contributed by atoms with Crippen LogP contribution in [-0.4, -0.2) is 21.8 Å². The summed E-state index contributed by atoms with van der Waals surface area (Å²) in [7, 11) is 0. The summed E-state index contributed by atoms with van der Waals surface area (Å²) in [6, 6.07) is 8.76. The fraction of sp³-hybridized carbons (Fsp3) is 0.550. The van der Waals surface area contributed by atoms with Crippen LogP contribution in [0.4, 0.5) is 0 Å². The molecule has 4 heteroatoms. The lowest BCUT2D eigenvalue weighted by Gasteiger charge is -2.29. The van der Waals surface area contributed by atoms with Gasteiger partial charge in [-0.1, -0.05) is 37.6 Å². The van der Waals surface area contributed by atoms with Gasteiger partial charge in [-0.15, -0.1) is 0 Å². The van der Waals surface area contributed by atoms with Crippen LogP contribution in [0.15, 0.2) is 43.0 Å². The minimum atomic E-state index is -0.621. The molecule has 130 valence electrons. The van der Waals surface area contributed by atoms with E-state index in [0.717, 1.165) is 37.8 Å². The Kier molecular flexibility index (Phi) is 5.36. The maximum Gasteiger partial charge on any atom is 0.195 e. The number of aryl methyl sites for hydroxylation is 2. The zero-order chi connectivity index (χ0) is 17.0. The molecule has 4 nitrogen and oxygen atoms in total. The zero-order valence-corrected chi connectivity index (χ0v) is 14.9. The van der Waals surface area contributed by atoms with E-state index in [1.165, 1.54) is 5.56 Å². The van der Waals surface area contributed by atoms with Gasteiger partial charge in [0.15, 0.2) is 5.79 Å². The first kappa shape index (κ1) is 17.2. The van der Waals surface area contributed by atoms with Gasteiger partial charge in [0.1, 0.15) is 0 Å². The summed E-state index contributed by atoms with van der Waals surface area (Å²) >= 11 is 0. The molecular weight excluding hydrogens is 300 g/mol. The minimum Gasteiger partial charge on any atom is -0.340 e. The zero-order valence-electron chi connectivity index (χ0n) is 14.9. The van der Waals surface area contributed by atoms with Crippen molar-refractivity contribution in [3.05, 3.63) is 54.1 Å². The summed E-state index contributed by atoms with van der Waals surface area (Å²) in [5.74, 6) is -0.621. The molecule has 0 radical (unpaired) electrons. The number of aromatic nitrogens is 2. The molecular formula is C20H28N2O2. The monoisotopic (exact) mass is 328 g/mol. The Bertz CT molecular complexity index is 612. The number of ether oxygens (including phenoxy) is 2. The fourth-order valence-corrected chi connectivity index (χ4v) is 3.35. The Morgan fingerprint density at radius 2 is 1.83 bits per heavy atom. The van der Waals surface area contributed by atoms with Crippen LogP contribution in [0.1, 0.15) is 51.2 Å². The predicted octanol–water partition coefficient (Wildman–Crippen LogP) is 4.29. The summed E-state index contributed by atoms with van der Waals surface area (Å²) in [6.07, 6.45) is 9.97. The first-order valence-electron chi connectivity index (χ1n) is 9.04. The molecule has 0 N–H and O–H groups in total. The molecule has 2 aromatic rings. The predicted molar refractivity (Wildman–Crippen MR) is 94.7 cm³/mol. The lowest BCUT2D eigenvalue weighted by atomic mass is 9.98. The second-order valence-corrected chi connectivity index (χ2v) is 6.75. The molecule has 0 aliphatic carbocycles. The third kappa shape index (κ3) is 3.70. The average Bonchev–Trinajstić information content (AvgIpc) is 3.18. The maximum atomic E-state index is 6.32. The summed E-state index contributed by atoms with van der Waals surface area (Å²) in [5, 5.41) is 0. The van der Waals surface area contributed by atoms with E-state index in [4.69, 9.17) is 9.47 Å². The van der Waals surface area contributed by atoms with Crippen molar-refractivity contribution in [1.82, 2.24) is 9.55 Å². The first-order valence-corrected chi connectivity index (χ1v) is 9.04. The lowest BCUT2D eigenvalue weighted by Crippen LogP contribution is -2.28. The molecule has 0 saturated carbocycles. The summed E-state index contributed by atoms with van der Waals surface area (Å²) in [5.41, 5.74) is 2.50. The summed E-state index contributed by atoms with van der Waals surface area (Å²) in [4.78, 5) is 4.10. The topological polar surface area (TPSA) is 36.3 Å². The standard InChI is InChI=1S/C20H28N2O2/c1-4-6-18-7-9-19(10-8-18)20(23-16(2)17(3)24-20)11-5-13-22-14-12-21-15-22/h7-10,12,14-17H,4-6,11,13H2,1-3H3. The molecule has 1 aromatic heterocycles. The van der Waals surface area contributed by atoms with Crippen LogP contribution in [0, 0.1) is 0 Å². The van der Waals surface area contributed by atoms with E-state index in [-0.39, 0.29) is 12.2 Å². The number of nitrogens with zero attached hydrogens (tertiary/aromatic N) is 2. The van der Waals surface area contributed by atoms with Crippen LogP contribution in [0.2, 0.25) is 0 Å². The number of rotatable bonds is 7. The average molecular weight is 328 g/mol. The highest BCUT2D eigenvalue weighted by molar-refractivity contribution is 5.27. The second kappa shape index (κ2) is 7.49. The van der Waals surface area contributed by atoms with Gasteiger partial charge in [-0.2, -0.15) is 0 Å². The Balaban J connectivity index is 1.75. The molecule has 0 amide bonds. The number of hydrogen-bond donors (Lipinski definition) is 0. The van der Waals surface area contributed by atoms with Crippen molar-refractivity contribution in [2.75, 3.05) is 0 Å². The van der Waals surface area contributed by atoms with Gasteiger partial charge < -0.3 is 14.0 Å². The third-order valence-electron chi connectivity index (χ3n) is 4.83. The Labute approximate surface area is 144 Å². The number of hydrogen-bond acceptors (Lipinski definition) is 3. The van der Waals surface area contributed by atoms with E-state index in [1.807, 2.05) is 18.7 Å². The molecule has 2 unspecified atom stereocenters. The number of benzene rings is 1. The molecule has 0 bridgehead atoms. The van der Waals surface area contributed by atoms with Gasteiger partial charge in [-0.05, 0) is 32.3 Å². The van der Waals surface area contributed by atoms with Crippen molar-refractivity contribution in [2.24, 2.45) is 0 Å². The van der Waals surface area contributed by atoms with Gasteiger partial charge >= 0.3 is 0 Å². The molecule has 1 aliphatic heterocycles. The number of imidazole rings is 1. The van der Waals surface area contributed by atoms with E-state index in [2.05, 4.69) is 54.6 Å². The quantitative estimate of drug-likeness (QED) is 0.760. The van der Waals surface area contributed by atoms with Gasteiger partial charge in [-0.25, -0.2) is 4.98 Å². The van der Waals surface area contributed by atoms with Gasteiger partial charge in [0.25, 0.3) is 0 Å². The van der Waals surface area contributed by atoms with E-state index in [0.29, 0.717) is 0 Å². The van der Waals surface area contributed by atoms with Crippen LogP contribution < -0.4 is 0 Å². The van der Waals surface area contributed by atoms with Crippen LogP contribution in [0.3, 0.4) is 0 Å². The second-order valence-electron chi connectivity index (χ2n) is 6.75. The first-order chi connectivity index (χ1) is 11.6. The smallest absolute Gasteiger partial charge is 0.195 e. The molecule has 0 spiro atoms. The molecule has 1 fully saturated rings. The SMILES string of the molecule is CCCc1ccc(C2(CCCn3ccnc3)OC(C)C(C)O2)cc1. The Hall–Kier alpha value is -1.65. The van der Waals surface area contributed by atoms with E-state index in [1.54, 1.807) is 0 Å². The van der Waals surface area contributed by atoms with Crippen LogP contribution >= 0.6 is 0 Å². The molecule has 1 aromatic carbocycles. The maximum absolute atomic E-state index is 6.32. The van der Waals surface area contributed by atoms with Crippen molar-refractivity contribution in [3.63, 3.8) is 0 Å². The molecule has 3 rings (SSSR count). The van der Waals surface area contributed by atoms with Crippen molar-refractivity contribution in [3.8, 4) is 0 Å². The summed E-state index contributed by atoms with van der Waals surface area (Å²) in [6.45, 7) is 7.31. The molecule has 24 heavy (non-hydrogen) atoms. The Morgan fingerprint density at radius 1 is 1.12 bits per heavy atom. The van der Waals surface area contributed by atoms with Gasteiger partial charge in [0, 0.05) is 30.9 Å². The molecule has 2 heterocycles. The minimum absolute atomic E-state index is 0.105. The van der Waals surface area contributed by atoms with Gasteiger partial charge in [0.2, 0.25) is 0 Å². The fourth-order valence-electron chi connectivity index (χ4n) is 3.35.